The monoisotopic (exact) mass is 395 g/mol. The Labute approximate surface area is 169 Å². The number of anilines is 1. The van der Waals surface area contributed by atoms with Crippen LogP contribution in [0.1, 0.15) is 47.5 Å². The number of nitro benzene ring substituents is 1. The van der Waals surface area contributed by atoms with Crippen LogP contribution in [0.2, 0.25) is 0 Å². The molecule has 1 amide bonds. The normalized spacial score (nSPS) is 17.1. The topological polar surface area (TPSA) is 84.7 Å². The summed E-state index contributed by atoms with van der Waals surface area (Å²) in [6.07, 6.45) is 3.78. The standard InChI is InChI=1S/C22H25N3O4/c1-29-19-4-2-3-16(13-19)15-9-11-24(12-10-15)20-8-5-17(14-21(20)25(27)28)22(26)23-18-6-7-18/h2-5,8,13-15,18H,6-7,9-12H2,1H3,(H,23,26). The van der Waals surface area contributed by atoms with Crippen LogP contribution in [0.3, 0.4) is 0 Å². The summed E-state index contributed by atoms with van der Waals surface area (Å²) in [4.78, 5) is 25.6. The molecule has 0 unspecified atom stereocenters. The van der Waals surface area contributed by atoms with Gasteiger partial charge in [0.25, 0.3) is 11.6 Å². The van der Waals surface area contributed by atoms with Gasteiger partial charge in [-0.15, -0.1) is 0 Å². The third-order valence-corrected chi connectivity index (χ3v) is 5.75. The van der Waals surface area contributed by atoms with Crippen LogP contribution in [0.15, 0.2) is 42.5 Å². The van der Waals surface area contributed by atoms with E-state index < -0.39 is 4.92 Å². The second-order valence-corrected chi connectivity index (χ2v) is 7.75. The number of nitrogens with zero attached hydrogens (tertiary/aromatic N) is 2. The lowest BCUT2D eigenvalue weighted by atomic mass is 9.89. The quantitative estimate of drug-likeness (QED) is 0.593. The zero-order valence-electron chi connectivity index (χ0n) is 16.5. The van der Waals surface area contributed by atoms with Crippen molar-refractivity contribution in [1.82, 2.24) is 5.32 Å². The SMILES string of the molecule is COc1cccc(C2CCN(c3ccc(C(=O)NC4CC4)cc3[N+](=O)[O-])CC2)c1. The highest BCUT2D eigenvalue weighted by molar-refractivity contribution is 5.96. The third-order valence-electron chi connectivity index (χ3n) is 5.75. The van der Waals surface area contributed by atoms with Gasteiger partial charge >= 0.3 is 0 Å². The molecule has 7 nitrogen and oxygen atoms in total. The van der Waals surface area contributed by atoms with Gasteiger partial charge in [-0.1, -0.05) is 12.1 Å². The summed E-state index contributed by atoms with van der Waals surface area (Å²) < 4.78 is 5.32. The largest absolute Gasteiger partial charge is 0.497 e. The predicted molar refractivity (Wildman–Crippen MR) is 111 cm³/mol. The summed E-state index contributed by atoms with van der Waals surface area (Å²) in [7, 11) is 1.66. The van der Waals surface area contributed by atoms with Crippen molar-refractivity contribution < 1.29 is 14.5 Å². The molecule has 1 aliphatic heterocycles. The number of carbonyl (C=O) groups excluding carboxylic acids is 1. The first-order chi connectivity index (χ1) is 14.0. The molecule has 1 saturated heterocycles. The molecule has 2 fully saturated rings. The number of hydrogen-bond donors (Lipinski definition) is 1. The summed E-state index contributed by atoms with van der Waals surface area (Å²) in [5.41, 5.74) is 2.17. The first-order valence-corrected chi connectivity index (χ1v) is 10.0. The van der Waals surface area contributed by atoms with Crippen molar-refractivity contribution in [2.45, 2.75) is 37.6 Å². The smallest absolute Gasteiger partial charge is 0.293 e. The predicted octanol–water partition coefficient (Wildman–Crippen LogP) is 3.88. The number of carbonyl (C=O) groups is 1. The minimum Gasteiger partial charge on any atom is -0.497 e. The first-order valence-electron chi connectivity index (χ1n) is 10.0. The Morgan fingerprint density at radius 1 is 1.14 bits per heavy atom. The number of amides is 1. The van der Waals surface area contributed by atoms with Crippen LogP contribution in [0.4, 0.5) is 11.4 Å². The molecule has 2 aliphatic rings. The van der Waals surface area contributed by atoms with Crippen LogP contribution in [0.5, 0.6) is 5.75 Å². The summed E-state index contributed by atoms with van der Waals surface area (Å²) in [5.74, 6) is 1.02. The second kappa shape index (κ2) is 8.11. The molecule has 29 heavy (non-hydrogen) atoms. The van der Waals surface area contributed by atoms with Crippen LogP contribution in [0.25, 0.3) is 0 Å². The number of hydrogen-bond acceptors (Lipinski definition) is 5. The van der Waals surface area contributed by atoms with E-state index >= 15 is 0 Å². The van der Waals surface area contributed by atoms with Gasteiger partial charge in [-0.25, -0.2) is 0 Å². The Hall–Kier alpha value is -3.09. The van der Waals surface area contributed by atoms with Crippen molar-refractivity contribution in [2.24, 2.45) is 0 Å². The Balaban J connectivity index is 1.48. The van der Waals surface area contributed by atoms with Gasteiger partial charge < -0.3 is 15.0 Å². The highest BCUT2D eigenvalue weighted by Crippen LogP contribution is 2.36. The summed E-state index contributed by atoms with van der Waals surface area (Å²) in [6.45, 7) is 1.46. The van der Waals surface area contributed by atoms with Crippen LogP contribution >= 0.6 is 0 Å². The van der Waals surface area contributed by atoms with Crippen molar-refractivity contribution >= 4 is 17.3 Å². The van der Waals surface area contributed by atoms with Gasteiger partial charge in [0, 0.05) is 30.8 Å². The minimum atomic E-state index is -0.391. The fourth-order valence-electron chi connectivity index (χ4n) is 3.92. The Kier molecular flexibility index (Phi) is 5.38. The van der Waals surface area contributed by atoms with Gasteiger partial charge in [-0.2, -0.15) is 0 Å². The molecule has 4 rings (SSSR count). The lowest BCUT2D eigenvalue weighted by Gasteiger charge is -2.33. The lowest BCUT2D eigenvalue weighted by Crippen LogP contribution is -2.33. The molecular formula is C22H25N3O4. The average molecular weight is 395 g/mol. The molecule has 1 saturated carbocycles. The molecular weight excluding hydrogens is 370 g/mol. The maximum absolute atomic E-state index is 12.3. The third kappa shape index (κ3) is 4.34. The van der Waals surface area contributed by atoms with E-state index in [2.05, 4.69) is 22.3 Å². The van der Waals surface area contributed by atoms with Gasteiger partial charge in [0.2, 0.25) is 0 Å². The molecule has 2 aromatic rings. The van der Waals surface area contributed by atoms with Gasteiger partial charge in [0.1, 0.15) is 11.4 Å². The molecule has 1 N–H and O–H groups in total. The molecule has 1 heterocycles. The van der Waals surface area contributed by atoms with E-state index in [-0.39, 0.29) is 17.6 Å². The number of nitro groups is 1. The molecule has 0 atom stereocenters. The van der Waals surface area contributed by atoms with E-state index in [1.54, 1.807) is 19.2 Å². The molecule has 152 valence electrons. The number of rotatable bonds is 6. The van der Waals surface area contributed by atoms with Crippen molar-refractivity contribution in [3.8, 4) is 5.75 Å². The molecule has 1 aliphatic carbocycles. The Bertz CT molecular complexity index is 918. The zero-order chi connectivity index (χ0) is 20.4. The van der Waals surface area contributed by atoms with E-state index in [4.69, 9.17) is 4.74 Å². The van der Waals surface area contributed by atoms with Gasteiger partial charge in [-0.05, 0) is 61.4 Å². The van der Waals surface area contributed by atoms with Gasteiger partial charge in [0.05, 0.1) is 12.0 Å². The van der Waals surface area contributed by atoms with Crippen LogP contribution in [-0.4, -0.2) is 37.1 Å². The summed E-state index contributed by atoms with van der Waals surface area (Å²) >= 11 is 0. The number of benzene rings is 2. The van der Waals surface area contributed by atoms with Gasteiger partial charge in [-0.3, -0.25) is 14.9 Å². The minimum absolute atomic E-state index is 0.00622. The van der Waals surface area contributed by atoms with E-state index in [1.165, 1.54) is 11.6 Å². The number of piperidine rings is 1. The summed E-state index contributed by atoms with van der Waals surface area (Å²) in [5, 5.41) is 14.5. The number of ether oxygens (including phenoxy) is 1. The molecule has 7 heteroatoms. The van der Waals surface area contributed by atoms with E-state index in [1.807, 2.05) is 12.1 Å². The van der Waals surface area contributed by atoms with Crippen LogP contribution < -0.4 is 15.0 Å². The van der Waals surface area contributed by atoms with Gasteiger partial charge in [0.15, 0.2) is 0 Å². The maximum atomic E-state index is 12.3. The van der Waals surface area contributed by atoms with Crippen molar-refractivity contribution in [1.29, 1.82) is 0 Å². The molecule has 0 radical (unpaired) electrons. The van der Waals surface area contributed by atoms with E-state index in [0.29, 0.717) is 17.2 Å². The molecule has 0 aromatic heterocycles. The highest BCUT2D eigenvalue weighted by atomic mass is 16.6. The van der Waals surface area contributed by atoms with Crippen molar-refractivity contribution in [3.05, 3.63) is 63.7 Å². The molecule has 2 aromatic carbocycles. The fraction of sp³-hybridized carbons (Fsp3) is 0.409. The molecule has 0 spiro atoms. The first kappa shape index (κ1) is 19.2. The molecule has 0 bridgehead atoms. The van der Waals surface area contributed by atoms with Crippen LogP contribution in [-0.2, 0) is 0 Å². The summed E-state index contributed by atoms with van der Waals surface area (Å²) in [6, 6.07) is 13.1. The van der Waals surface area contributed by atoms with E-state index in [0.717, 1.165) is 44.5 Å². The second-order valence-electron chi connectivity index (χ2n) is 7.75. The number of methoxy groups -OCH3 is 1. The Morgan fingerprint density at radius 2 is 1.90 bits per heavy atom. The van der Waals surface area contributed by atoms with E-state index in [9.17, 15) is 14.9 Å². The zero-order valence-corrected chi connectivity index (χ0v) is 16.5. The lowest BCUT2D eigenvalue weighted by molar-refractivity contribution is -0.384. The fourth-order valence-corrected chi connectivity index (χ4v) is 3.92. The van der Waals surface area contributed by atoms with Crippen molar-refractivity contribution in [2.75, 3.05) is 25.1 Å². The van der Waals surface area contributed by atoms with Crippen LogP contribution in [0, 0.1) is 10.1 Å². The van der Waals surface area contributed by atoms with Crippen molar-refractivity contribution in [3.63, 3.8) is 0 Å². The average Bonchev–Trinajstić information content (AvgIpc) is 3.57. The highest BCUT2D eigenvalue weighted by Gasteiger charge is 2.28. The number of nitrogens with one attached hydrogen (secondary N) is 1. The Morgan fingerprint density at radius 3 is 2.55 bits per heavy atom. The maximum Gasteiger partial charge on any atom is 0.293 e.